The average Bonchev–Trinajstić information content (AvgIpc) is 3.52. The SMILES string of the molecule is Cc1cc(C(=O)NC[C@@H]2OC[C@@]3(C)[C@H]4CC[C@@H](O)[C@@H](CC(=O)N5CCCC5)[C@]4(C)CC[C@H]3O2)no1. The van der Waals surface area contributed by atoms with Crippen molar-refractivity contribution in [2.45, 2.75) is 84.2 Å². The van der Waals surface area contributed by atoms with E-state index < -0.39 is 12.4 Å². The molecule has 2 aliphatic heterocycles. The van der Waals surface area contributed by atoms with E-state index in [1.807, 2.05) is 4.90 Å². The summed E-state index contributed by atoms with van der Waals surface area (Å²) >= 11 is 0. The highest BCUT2D eigenvalue weighted by Crippen LogP contribution is 2.62. The molecule has 2 amide bonds. The first-order valence-electron chi connectivity index (χ1n) is 13.1. The molecule has 9 nitrogen and oxygen atoms in total. The summed E-state index contributed by atoms with van der Waals surface area (Å²) in [7, 11) is 0. The number of aliphatic hydroxyl groups excluding tert-OH is 1. The Kier molecular flexibility index (Phi) is 6.70. The van der Waals surface area contributed by atoms with Crippen molar-refractivity contribution in [2.24, 2.45) is 22.7 Å². The molecule has 194 valence electrons. The Morgan fingerprint density at radius 2 is 1.97 bits per heavy atom. The first-order valence-corrected chi connectivity index (χ1v) is 13.1. The first-order chi connectivity index (χ1) is 16.7. The number of aryl methyl sites for hydroxylation is 1. The van der Waals surface area contributed by atoms with Crippen LogP contribution in [0.4, 0.5) is 0 Å². The maximum Gasteiger partial charge on any atom is 0.273 e. The van der Waals surface area contributed by atoms with Crippen LogP contribution in [0, 0.1) is 29.6 Å². The minimum atomic E-state index is -0.517. The van der Waals surface area contributed by atoms with Crippen LogP contribution in [0.15, 0.2) is 10.6 Å². The van der Waals surface area contributed by atoms with Crippen LogP contribution in [0.5, 0.6) is 0 Å². The van der Waals surface area contributed by atoms with Gasteiger partial charge in [0.2, 0.25) is 5.91 Å². The van der Waals surface area contributed by atoms with Gasteiger partial charge in [-0.05, 0) is 62.7 Å². The number of hydrogen-bond acceptors (Lipinski definition) is 7. The van der Waals surface area contributed by atoms with Crippen LogP contribution in [-0.4, -0.2) is 71.7 Å². The maximum absolute atomic E-state index is 13.0. The van der Waals surface area contributed by atoms with E-state index >= 15 is 0 Å². The second kappa shape index (κ2) is 9.48. The van der Waals surface area contributed by atoms with Gasteiger partial charge in [-0.1, -0.05) is 19.0 Å². The Bertz CT molecular complexity index is 945. The van der Waals surface area contributed by atoms with Gasteiger partial charge in [0.1, 0.15) is 5.76 Å². The molecule has 2 saturated carbocycles. The number of rotatable bonds is 5. The molecule has 2 aliphatic carbocycles. The zero-order chi connectivity index (χ0) is 24.8. The van der Waals surface area contributed by atoms with Gasteiger partial charge in [-0.25, -0.2) is 0 Å². The molecule has 4 fully saturated rings. The van der Waals surface area contributed by atoms with Crippen LogP contribution in [0.25, 0.3) is 0 Å². The molecule has 4 aliphatic rings. The predicted octanol–water partition coefficient (Wildman–Crippen LogP) is 2.66. The van der Waals surface area contributed by atoms with E-state index in [1.54, 1.807) is 13.0 Å². The van der Waals surface area contributed by atoms with Gasteiger partial charge in [-0.2, -0.15) is 0 Å². The third-order valence-corrected chi connectivity index (χ3v) is 9.37. The minimum Gasteiger partial charge on any atom is -0.393 e. The molecule has 7 atom stereocenters. The van der Waals surface area contributed by atoms with E-state index in [4.69, 9.17) is 14.0 Å². The Morgan fingerprint density at radius 3 is 2.69 bits per heavy atom. The van der Waals surface area contributed by atoms with Gasteiger partial charge in [0.25, 0.3) is 5.91 Å². The number of amides is 2. The van der Waals surface area contributed by atoms with E-state index in [-0.39, 0.29) is 46.9 Å². The third kappa shape index (κ3) is 4.51. The zero-order valence-electron chi connectivity index (χ0n) is 21.1. The number of carbonyl (C=O) groups excluding carboxylic acids is 2. The summed E-state index contributed by atoms with van der Waals surface area (Å²) in [6.07, 6.45) is 4.98. The molecular weight excluding hydrogens is 450 g/mol. The summed E-state index contributed by atoms with van der Waals surface area (Å²) in [5, 5.41) is 17.6. The van der Waals surface area contributed by atoms with Crippen molar-refractivity contribution in [3.05, 3.63) is 17.5 Å². The van der Waals surface area contributed by atoms with Gasteiger partial charge in [0.05, 0.1) is 25.4 Å². The van der Waals surface area contributed by atoms with Gasteiger partial charge in [0.15, 0.2) is 12.0 Å². The third-order valence-electron chi connectivity index (χ3n) is 9.37. The molecule has 0 aromatic carbocycles. The number of aliphatic hydroxyl groups is 1. The Labute approximate surface area is 206 Å². The maximum atomic E-state index is 13.0. The lowest BCUT2D eigenvalue weighted by atomic mass is 9.46. The lowest BCUT2D eigenvalue weighted by Gasteiger charge is -2.63. The molecule has 2 saturated heterocycles. The van der Waals surface area contributed by atoms with Gasteiger partial charge in [-0.3, -0.25) is 9.59 Å². The lowest BCUT2D eigenvalue weighted by Crippen LogP contribution is -2.63. The number of nitrogens with one attached hydrogen (secondary N) is 1. The molecule has 0 bridgehead atoms. The lowest BCUT2D eigenvalue weighted by molar-refractivity contribution is -0.306. The van der Waals surface area contributed by atoms with E-state index in [0.29, 0.717) is 31.1 Å². The average molecular weight is 490 g/mol. The quantitative estimate of drug-likeness (QED) is 0.654. The molecular formula is C26H39N3O6. The molecule has 5 rings (SSSR count). The molecule has 35 heavy (non-hydrogen) atoms. The van der Waals surface area contributed by atoms with Crippen molar-refractivity contribution in [1.29, 1.82) is 0 Å². The summed E-state index contributed by atoms with van der Waals surface area (Å²) in [5.41, 5.74) is -0.102. The van der Waals surface area contributed by atoms with Crippen molar-refractivity contribution < 1.29 is 28.7 Å². The highest BCUT2D eigenvalue weighted by molar-refractivity contribution is 5.92. The summed E-state index contributed by atoms with van der Waals surface area (Å²) in [6.45, 7) is 8.72. The van der Waals surface area contributed by atoms with Crippen LogP contribution in [0.1, 0.15) is 75.0 Å². The molecule has 1 aromatic heterocycles. The fourth-order valence-corrected chi connectivity index (χ4v) is 7.42. The number of fused-ring (bicyclic) bond motifs is 3. The molecule has 0 spiro atoms. The predicted molar refractivity (Wildman–Crippen MR) is 126 cm³/mol. The number of carbonyl (C=O) groups is 2. The van der Waals surface area contributed by atoms with Crippen LogP contribution in [0.3, 0.4) is 0 Å². The molecule has 2 N–H and O–H groups in total. The molecule has 1 aromatic rings. The van der Waals surface area contributed by atoms with Crippen molar-refractivity contribution in [1.82, 2.24) is 15.4 Å². The second-order valence-corrected chi connectivity index (χ2v) is 11.5. The van der Waals surface area contributed by atoms with E-state index in [1.165, 1.54) is 0 Å². The molecule has 3 heterocycles. The minimum absolute atomic E-state index is 0.00991. The summed E-state index contributed by atoms with van der Waals surface area (Å²) < 4.78 is 17.5. The Morgan fingerprint density at radius 1 is 1.20 bits per heavy atom. The normalized spacial score (nSPS) is 39.1. The standard InChI is InChI=1S/C26H39N3O6/c1-16-12-18(28-35-16)24(32)27-14-23-33-15-26(3)20-7-6-19(30)17(13-22(31)29-10-4-5-11-29)25(20,2)9-8-21(26)34-23/h12,17,19-21,23,30H,4-11,13-15H2,1-3H3,(H,27,32)/t17-,19-,20+,21-,23-,25+,26+/m1/s1. The fourth-order valence-electron chi connectivity index (χ4n) is 7.42. The number of likely N-dealkylation sites (tertiary alicyclic amines) is 1. The van der Waals surface area contributed by atoms with Crippen LogP contribution in [0.2, 0.25) is 0 Å². The van der Waals surface area contributed by atoms with Crippen LogP contribution < -0.4 is 5.32 Å². The van der Waals surface area contributed by atoms with Crippen molar-refractivity contribution in [3.8, 4) is 0 Å². The van der Waals surface area contributed by atoms with E-state index in [9.17, 15) is 14.7 Å². The number of ether oxygens (including phenoxy) is 2. The largest absolute Gasteiger partial charge is 0.393 e. The van der Waals surface area contributed by atoms with Gasteiger partial charge in [0, 0.05) is 31.0 Å². The first kappa shape index (κ1) is 24.7. The zero-order valence-corrected chi connectivity index (χ0v) is 21.1. The van der Waals surface area contributed by atoms with Crippen molar-refractivity contribution in [3.63, 3.8) is 0 Å². The number of nitrogens with zero attached hydrogens (tertiary/aromatic N) is 2. The van der Waals surface area contributed by atoms with Gasteiger partial charge < -0.3 is 29.3 Å². The molecule has 9 heteroatoms. The smallest absolute Gasteiger partial charge is 0.273 e. The number of aromatic nitrogens is 1. The summed E-state index contributed by atoms with van der Waals surface area (Å²) in [6, 6.07) is 1.60. The van der Waals surface area contributed by atoms with Crippen molar-refractivity contribution >= 4 is 11.8 Å². The van der Waals surface area contributed by atoms with Crippen LogP contribution in [-0.2, 0) is 14.3 Å². The Balaban J connectivity index is 1.24. The fraction of sp³-hybridized carbons (Fsp3) is 0.808. The Hall–Kier alpha value is -1.97. The van der Waals surface area contributed by atoms with Crippen LogP contribution >= 0.6 is 0 Å². The topological polar surface area (TPSA) is 114 Å². The molecule has 0 radical (unpaired) electrons. The summed E-state index contributed by atoms with van der Waals surface area (Å²) in [5.74, 6) is 0.706. The van der Waals surface area contributed by atoms with Gasteiger partial charge in [-0.15, -0.1) is 0 Å². The monoisotopic (exact) mass is 489 g/mol. The van der Waals surface area contributed by atoms with E-state index in [0.717, 1.165) is 45.2 Å². The van der Waals surface area contributed by atoms with E-state index in [2.05, 4.69) is 24.3 Å². The highest BCUT2D eigenvalue weighted by atomic mass is 16.7. The van der Waals surface area contributed by atoms with Gasteiger partial charge >= 0.3 is 0 Å². The highest BCUT2D eigenvalue weighted by Gasteiger charge is 2.61. The second-order valence-electron chi connectivity index (χ2n) is 11.5. The number of hydrogen-bond donors (Lipinski definition) is 2. The van der Waals surface area contributed by atoms with Crippen molar-refractivity contribution in [2.75, 3.05) is 26.2 Å². The summed E-state index contributed by atoms with van der Waals surface area (Å²) in [4.78, 5) is 27.3. The molecule has 0 unspecified atom stereocenters.